The van der Waals surface area contributed by atoms with Crippen molar-refractivity contribution in [2.75, 3.05) is 26.7 Å². The Morgan fingerprint density at radius 1 is 0.952 bits per heavy atom. The van der Waals surface area contributed by atoms with Gasteiger partial charge in [-0.25, -0.2) is 14.8 Å². The van der Waals surface area contributed by atoms with E-state index in [-0.39, 0.29) is 60.6 Å². The lowest BCUT2D eigenvalue weighted by atomic mass is 9.93. The number of hydroxylamine groups is 2. The number of amides is 4. The molecule has 7 atom stereocenters. The summed E-state index contributed by atoms with van der Waals surface area (Å²) in [5.41, 5.74) is 0.868. The number of aromatic hydroxyl groups is 1. The van der Waals surface area contributed by atoms with Crippen molar-refractivity contribution in [2.24, 2.45) is 17.8 Å². The van der Waals surface area contributed by atoms with Gasteiger partial charge in [0.25, 0.3) is 11.8 Å². The van der Waals surface area contributed by atoms with Gasteiger partial charge in [-0.1, -0.05) is 99.1 Å². The molecule has 0 unspecified atom stereocenters. The van der Waals surface area contributed by atoms with Crippen LogP contribution in [-0.2, 0) is 30.4 Å². The van der Waals surface area contributed by atoms with Gasteiger partial charge in [-0.15, -0.1) is 11.3 Å². The first-order valence-corrected chi connectivity index (χ1v) is 23.7. The highest BCUT2D eigenvalue weighted by Gasteiger charge is 2.40. The molecule has 16 heteroatoms. The molecule has 5 N–H and O–H groups in total. The molecule has 1 aromatic carbocycles. The van der Waals surface area contributed by atoms with E-state index < -0.39 is 48.1 Å². The van der Waals surface area contributed by atoms with E-state index in [1.165, 1.54) is 17.2 Å². The number of ether oxygens (including phenoxy) is 1. The Bertz CT molecular complexity index is 1690. The highest BCUT2D eigenvalue weighted by atomic mass is 32.1. The second-order valence-corrected chi connectivity index (χ2v) is 18.1. The maximum atomic E-state index is 14.9. The molecule has 348 valence electrons. The molecule has 0 bridgehead atoms. The Hall–Kier alpha value is -4.28. The molecule has 15 nitrogen and oxygen atoms in total. The number of rotatable bonds is 27. The maximum Gasteiger partial charge on any atom is 0.407 e. The van der Waals surface area contributed by atoms with Crippen molar-refractivity contribution in [3.8, 4) is 5.75 Å². The zero-order valence-electron chi connectivity index (χ0n) is 38.3. The molecule has 4 amide bonds. The highest BCUT2D eigenvalue weighted by molar-refractivity contribution is 7.09. The van der Waals surface area contributed by atoms with E-state index in [4.69, 9.17) is 9.57 Å². The summed E-state index contributed by atoms with van der Waals surface area (Å²) in [7, 11) is 1.94. The van der Waals surface area contributed by atoms with Gasteiger partial charge in [0.2, 0.25) is 5.91 Å². The highest BCUT2D eigenvalue weighted by Crippen LogP contribution is 2.32. The number of nitrogens with one attached hydrogen (secondary N) is 3. The fraction of sp³-hybridized carbons (Fsp3) is 0.696. The molecule has 0 radical (unpaired) electrons. The van der Waals surface area contributed by atoms with Gasteiger partial charge in [0, 0.05) is 24.4 Å². The Labute approximate surface area is 373 Å². The number of carboxylic acid groups (broad SMARTS) is 1. The number of likely N-dealkylation sites (tertiary alicyclic amines) is 1. The molecule has 2 heterocycles. The van der Waals surface area contributed by atoms with Crippen LogP contribution in [0.25, 0.3) is 0 Å². The average Bonchev–Trinajstić information content (AvgIpc) is 3.74. The van der Waals surface area contributed by atoms with Crippen molar-refractivity contribution >= 4 is 41.1 Å². The molecule has 62 heavy (non-hydrogen) atoms. The van der Waals surface area contributed by atoms with Gasteiger partial charge in [0.05, 0.1) is 24.6 Å². The van der Waals surface area contributed by atoms with Crippen molar-refractivity contribution in [2.45, 2.75) is 162 Å². The first kappa shape index (κ1) is 52.1. The zero-order chi connectivity index (χ0) is 45.8. The summed E-state index contributed by atoms with van der Waals surface area (Å²) in [5.74, 6) is -3.15. The van der Waals surface area contributed by atoms with E-state index >= 15 is 0 Å². The molecule has 1 saturated heterocycles. The quantitative estimate of drug-likeness (QED) is 0.0436. The predicted octanol–water partition coefficient (Wildman–Crippen LogP) is 7.64. The lowest BCUT2D eigenvalue weighted by Gasteiger charge is -2.39. The summed E-state index contributed by atoms with van der Waals surface area (Å²) in [6.07, 6.45) is 7.48. The summed E-state index contributed by atoms with van der Waals surface area (Å²) in [6.45, 7) is 15.1. The van der Waals surface area contributed by atoms with Crippen molar-refractivity contribution < 1.29 is 43.8 Å². The lowest BCUT2D eigenvalue weighted by molar-refractivity contribution is -0.212. The van der Waals surface area contributed by atoms with Gasteiger partial charge < -0.3 is 30.9 Å². The van der Waals surface area contributed by atoms with Gasteiger partial charge in [-0.05, 0) is 81.6 Å². The molecule has 1 aliphatic rings. The van der Waals surface area contributed by atoms with Crippen LogP contribution in [0.4, 0.5) is 4.79 Å². The summed E-state index contributed by atoms with van der Waals surface area (Å²) in [6, 6.07) is 4.09. The minimum Gasteiger partial charge on any atom is -0.508 e. The topological polar surface area (TPSA) is 200 Å². The molecule has 0 saturated carbocycles. The van der Waals surface area contributed by atoms with Crippen LogP contribution in [0.15, 0.2) is 29.6 Å². The first-order chi connectivity index (χ1) is 29.6. The molecule has 0 aliphatic carbocycles. The van der Waals surface area contributed by atoms with E-state index in [0.29, 0.717) is 30.8 Å². The largest absolute Gasteiger partial charge is 0.508 e. The number of phenolic OH excluding ortho intramolecular Hbond substituents is 1. The number of likely N-dealkylation sites (N-methyl/N-ethyl adjacent to an activating group) is 1. The predicted molar refractivity (Wildman–Crippen MR) is 241 cm³/mol. The molecule has 1 aromatic heterocycles. The minimum absolute atomic E-state index is 0.0668. The third kappa shape index (κ3) is 16.8. The standard InChI is InChI=1S/C46H74N6O9S/c1-9-12-14-17-25-60-52(44(56)40(31(6)11-3)50-42(55)37-18-15-16-24-51(37)8)38(30(4)5)28-39(61-46(59)47-23-13-10-2)43-49-36(29-62-43)41(54)48-34(26-32(7)45(57)58)27-33-19-21-35(53)22-20-33/h19-22,29-32,34,37-40,53H,9-18,23-28H2,1-8H3,(H,47,59)(H,48,54)(H,50,55)(H,57,58)/t31-,32-,34+,37+,38+,39+,40-/m0/s1. The Morgan fingerprint density at radius 3 is 2.29 bits per heavy atom. The number of hydrogen-bond donors (Lipinski definition) is 5. The second-order valence-electron chi connectivity index (χ2n) is 17.2. The third-order valence-electron chi connectivity index (χ3n) is 11.7. The minimum atomic E-state index is -0.998. The number of phenols is 1. The summed E-state index contributed by atoms with van der Waals surface area (Å²) in [4.78, 5) is 80.8. The van der Waals surface area contributed by atoms with Crippen molar-refractivity contribution in [3.63, 3.8) is 0 Å². The average molecular weight is 887 g/mol. The van der Waals surface area contributed by atoms with E-state index in [1.807, 2.05) is 46.6 Å². The zero-order valence-corrected chi connectivity index (χ0v) is 39.1. The molecule has 1 aliphatic heterocycles. The van der Waals surface area contributed by atoms with Crippen molar-refractivity contribution in [3.05, 3.63) is 45.9 Å². The Morgan fingerprint density at radius 2 is 1.66 bits per heavy atom. The second kappa shape index (κ2) is 27.0. The van der Waals surface area contributed by atoms with Crippen LogP contribution in [0.2, 0.25) is 0 Å². The summed E-state index contributed by atoms with van der Waals surface area (Å²) < 4.78 is 6.09. The number of hydrogen-bond acceptors (Lipinski definition) is 11. The molecular formula is C46H74N6O9S. The van der Waals surface area contributed by atoms with Crippen LogP contribution in [0.5, 0.6) is 5.75 Å². The van der Waals surface area contributed by atoms with Crippen LogP contribution in [0, 0.1) is 17.8 Å². The first-order valence-electron chi connectivity index (χ1n) is 22.8. The SMILES string of the molecule is CCCCCCON(C(=O)[C@@H](NC(=O)[C@H]1CCCCN1C)[C@@H](C)CC)[C@H](C[C@@H](OC(=O)NCCCC)c1nc(C(=O)N[C@@H](Cc2ccc(O)cc2)C[C@H](C)C(=O)O)cs1)C(C)C. The fourth-order valence-electron chi connectivity index (χ4n) is 7.52. The number of carbonyl (C=O) groups excluding carboxylic acids is 4. The van der Waals surface area contributed by atoms with Crippen LogP contribution in [0.3, 0.4) is 0 Å². The molecular weight excluding hydrogens is 813 g/mol. The maximum absolute atomic E-state index is 14.9. The number of piperidine rings is 1. The van der Waals surface area contributed by atoms with Gasteiger partial charge in [0.1, 0.15) is 22.5 Å². The number of unbranched alkanes of at least 4 members (excludes halogenated alkanes) is 4. The van der Waals surface area contributed by atoms with Crippen molar-refractivity contribution in [1.82, 2.24) is 30.9 Å². The van der Waals surface area contributed by atoms with Crippen molar-refractivity contribution in [1.29, 1.82) is 0 Å². The number of nitrogens with zero attached hydrogens (tertiary/aromatic N) is 3. The number of alkyl carbamates (subject to hydrolysis) is 1. The summed E-state index contributed by atoms with van der Waals surface area (Å²) in [5, 5.41) is 31.6. The molecule has 2 aromatic rings. The van der Waals surface area contributed by atoms with Gasteiger partial charge in [-0.2, -0.15) is 0 Å². The van der Waals surface area contributed by atoms with E-state index in [2.05, 4.69) is 27.9 Å². The van der Waals surface area contributed by atoms with Crippen LogP contribution >= 0.6 is 11.3 Å². The number of thiazole rings is 1. The van der Waals surface area contributed by atoms with Crippen LogP contribution < -0.4 is 16.0 Å². The van der Waals surface area contributed by atoms with Gasteiger partial charge in [0.15, 0.2) is 6.10 Å². The Kier molecular flexibility index (Phi) is 22.7. The van der Waals surface area contributed by atoms with Crippen LogP contribution in [-0.4, -0.2) is 106 Å². The van der Waals surface area contributed by atoms with E-state index in [9.17, 15) is 34.2 Å². The third-order valence-corrected chi connectivity index (χ3v) is 12.7. The lowest BCUT2D eigenvalue weighted by Crippen LogP contribution is -2.58. The van der Waals surface area contributed by atoms with Crippen LogP contribution in [0.1, 0.15) is 153 Å². The van der Waals surface area contributed by atoms with E-state index in [0.717, 1.165) is 74.8 Å². The number of benzene rings is 1. The van der Waals surface area contributed by atoms with Gasteiger partial charge in [-0.3, -0.25) is 28.9 Å². The number of carbonyl (C=O) groups is 5. The number of aromatic nitrogens is 1. The van der Waals surface area contributed by atoms with E-state index in [1.54, 1.807) is 24.4 Å². The molecule has 0 spiro atoms. The van der Waals surface area contributed by atoms with Gasteiger partial charge >= 0.3 is 12.1 Å². The molecule has 3 rings (SSSR count). The number of carboxylic acids is 1. The number of aliphatic carboxylic acids is 1. The Balaban J connectivity index is 1.99. The normalized spacial score (nSPS) is 17.3. The molecule has 1 fully saturated rings. The monoisotopic (exact) mass is 887 g/mol. The fourth-order valence-corrected chi connectivity index (χ4v) is 8.36. The summed E-state index contributed by atoms with van der Waals surface area (Å²) >= 11 is 1.14. The smallest absolute Gasteiger partial charge is 0.407 e.